The van der Waals surface area contributed by atoms with Gasteiger partial charge in [-0.2, -0.15) is 0 Å². The van der Waals surface area contributed by atoms with E-state index in [1.54, 1.807) is 0 Å². The second kappa shape index (κ2) is 14.8. The van der Waals surface area contributed by atoms with E-state index in [4.69, 9.17) is 4.74 Å². The number of likely N-dealkylation sites (N-methyl/N-ethyl adjacent to an activating group) is 1. The Kier molecular flexibility index (Phi) is 14.2. The van der Waals surface area contributed by atoms with Crippen molar-refractivity contribution in [2.45, 2.75) is 59.9 Å². The van der Waals surface area contributed by atoms with Crippen LogP contribution in [0.3, 0.4) is 0 Å². The number of guanidine groups is 1. The molecule has 0 saturated carbocycles. The van der Waals surface area contributed by atoms with Gasteiger partial charge < -0.3 is 15.4 Å². The zero-order chi connectivity index (χ0) is 17.5. The van der Waals surface area contributed by atoms with Crippen LogP contribution in [0, 0.1) is 5.92 Å². The summed E-state index contributed by atoms with van der Waals surface area (Å²) in [5.74, 6) is 1.61. The van der Waals surface area contributed by atoms with E-state index >= 15 is 0 Å². The van der Waals surface area contributed by atoms with Gasteiger partial charge in [0.25, 0.3) is 0 Å². The van der Waals surface area contributed by atoms with Crippen molar-refractivity contribution in [3.63, 3.8) is 0 Å². The second-order valence-corrected chi connectivity index (χ2v) is 6.29. The molecule has 0 rings (SSSR count). The highest BCUT2D eigenvalue weighted by Gasteiger charge is 2.17. The van der Waals surface area contributed by atoms with Gasteiger partial charge in [0, 0.05) is 39.4 Å². The quantitative estimate of drug-likeness (QED) is 0.310. The Morgan fingerprint density at radius 3 is 2.30 bits per heavy atom. The van der Waals surface area contributed by atoms with Gasteiger partial charge in [-0.3, -0.25) is 9.89 Å². The number of aliphatic imine (C=N–C) groups is 1. The summed E-state index contributed by atoms with van der Waals surface area (Å²) in [6, 6.07) is 0.557. The number of ether oxygens (including phenoxy) is 1. The first-order valence-corrected chi connectivity index (χ1v) is 9.35. The van der Waals surface area contributed by atoms with E-state index in [-0.39, 0.29) is 0 Å². The molecule has 0 bridgehead atoms. The Hall–Kier alpha value is -0.810. The number of rotatable bonds is 13. The zero-order valence-corrected chi connectivity index (χ0v) is 16.3. The lowest BCUT2D eigenvalue weighted by atomic mass is 10.0. The fraction of sp³-hybridized carbons (Fsp3) is 0.944. The molecule has 0 saturated heterocycles. The van der Waals surface area contributed by atoms with E-state index in [0.717, 1.165) is 58.2 Å². The molecule has 0 aliphatic rings. The second-order valence-electron chi connectivity index (χ2n) is 6.29. The molecule has 138 valence electrons. The summed E-state index contributed by atoms with van der Waals surface area (Å²) in [6.07, 6.45) is 3.40. The topological polar surface area (TPSA) is 48.9 Å². The van der Waals surface area contributed by atoms with Crippen LogP contribution in [0.4, 0.5) is 0 Å². The molecule has 0 aromatic heterocycles. The monoisotopic (exact) mass is 328 g/mol. The van der Waals surface area contributed by atoms with Gasteiger partial charge in [-0.25, -0.2) is 0 Å². The molecular formula is C18H40N4O. The van der Waals surface area contributed by atoms with Crippen molar-refractivity contribution in [2.75, 3.05) is 46.4 Å². The molecule has 0 spiro atoms. The van der Waals surface area contributed by atoms with Crippen LogP contribution in [0.5, 0.6) is 0 Å². The molecule has 23 heavy (non-hydrogen) atoms. The minimum atomic E-state index is 0.557. The molecule has 0 amide bonds. The van der Waals surface area contributed by atoms with Gasteiger partial charge >= 0.3 is 0 Å². The highest BCUT2D eigenvalue weighted by Crippen LogP contribution is 2.10. The van der Waals surface area contributed by atoms with E-state index < -0.39 is 0 Å². The van der Waals surface area contributed by atoms with E-state index in [1.165, 1.54) is 6.42 Å². The summed E-state index contributed by atoms with van der Waals surface area (Å²) >= 11 is 0. The molecule has 1 atom stereocenters. The SMILES string of the molecule is CCOCCCCNC(=NC)NCC(CC(C)C)N(CC)CC. The maximum atomic E-state index is 5.35. The van der Waals surface area contributed by atoms with Gasteiger partial charge in [-0.15, -0.1) is 0 Å². The van der Waals surface area contributed by atoms with Crippen LogP contribution in [0.1, 0.15) is 53.9 Å². The maximum absolute atomic E-state index is 5.35. The van der Waals surface area contributed by atoms with Crippen molar-refractivity contribution >= 4 is 5.96 Å². The first-order chi connectivity index (χ1) is 11.1. The molecule has 0 heterocycles. The average Bonchev–Trinajstić information content (AvgIpc) is 2.53. The largest absolute Gasteiger partial charge is 0.382 e. The van der Waals surface area contributed by atoms with Crippen LogP contribution in [0.25, 0.3) is 0 Å². The van der Waals surface area contributed by atoms with Crippen LogP contribution >= 0.6 is 0 Å². The summed E-state index contributed by atoms with van der Waals surface area (Å²) in [5, 5.41) is 6.89. The maximum Gasteiger partial charge on any atom is 0.191 e. The molecule has 0 aliphatic heterocycles. The van der Waals surface area contributed by atoms with E-state index in [1.807, 2.05) is 14.0 Å². The van der Waals surface area contributed by atoms with Crippen molar-refractivity contribution < 1.29 is 4.74 Å². The van der Waals surface area contributed by atoms with E-state index in [9.17, 15) is 0 Å². The molecule has 0 aromatic carbocycles. The standard InChI is InChI=1S/C18H40N4O/c1-7-22(8-2)17(14-16(4)5)15-21-18(19-6)20-12-10-11-13-23-9-3/h16-17H,7-15H2,1-6H3,(H2,19,20,21). The molecule has 0 aromatic rings. The molecule has 5 nitrogen and oxygen atoms in total. The van der Waals surface area contributed by atoms with Crippen LogP contribution in [0.15, 0.2) is 4.99 Å². The number of nitrogens with one attached hydrogen (secondary N) is 2. The molecule has 1 unspecified atom stereocenters. The van der Waals surface area contributed by atoms with Gasteiger partial charge in [0.15, 0.2) is 5.96 Å². The minimum Gasteiger partial charge on any atom is -0.382 e. The Balaban J connectivity index is 4.17. The number of hydrogen-bond donors (Lipinski definition) is 2. The Bertz CT molecular complexity index is 291. The third-order valence-corrected chi connectivity index (χ3v) is 4.01. The summed E-state index contributed by atoms with van der Waals surface area (Å²) in [6.45, 7) is 16.8. The predicted octanol–water partition coefficient (Wildman–Crippen LogP) is 2.72. The summed E-state index contributed by atoms with van der Waals surface area (Å²) in [7, 11) is 1.84. The lowest BCUT2D eigenvalue weighted by Crippen LogP contribution is -2.47. The normalized spacial score (nSPS) is 13.7. The highest BCUT2D eigenvalue weighted by atomic mass is 16.5. The van der Waals surface area contributed by atoms with Crippen LogP contribution in [-0.4, -0.2) is 63.3 Å². The van der Waals surface area contributed by atoms with E-state index in [2.05, 4.69) is 48.2 Å². The van der Waals surface area contributed by atoms with Crippen molar-refractivity contribution in [1.82, 2.24) is 15.5 Å². The summed E-state index contributed by atoms with van der Waals surface area (Å²) in [5.41, 5.74) is 0. The van der Waals surface area contributed by atoms with E-state index in [0.29, 0.717) is 12.0 Å². The average molecular weight is 329 g/mol. The first kappa shape index (κ1) is 22.2. The van der Waals surface area contributed by atoms with Gasteiger partial charge in [0.05, 0.1) is 0 Å². The summed E-state index contributed by atoms with van der Waals surface area (Å²) < 4.78 is 5.35. The highest BCUT2D eigenvalue weighted by molar-refractivity contribution is 5.79. The lowest BCUT2D eigenvalue weighted by Gasteiger charge is -2.31. The number of unbranched alkanes of at least 4 members (excludes halogenated alkanes) is 1. The molecular weight excluding hydrogens is 288 g/mol. The van der Waals surface area contributed by atoms with Crippen LogP contribution in [0.2, 0.25) is 0 Å². The Morgan fingerprint density at radius 2 is 1.78 bits per heavy atom. The Labute approximate surface area is 144 Å². The first-order valence-electron chi connectivity index (χ1n) is 9.35. The van der Waals surface area contributed by atoms with Crippen molar-refractivity contribution in [1.29, 1.82) is 0 Å². The molecule has 0 aliphatic carbocycles. The van der Waals surface area contributed by atoms with Crippen LogP contribution in [-0.2, 0) is 4.74 Å². The zero-order valence-electron chi connectivity index (χ0n) is 16.3. The van der Waals surface area contributed by atoms with Gasteiger partial charge in [0.2, 0.25) is 0 Å². The van der Waals surface area contributed by atoms with Crippen molar-refractivity contribution in [3.05, 3.63) is 0 Å². The summed E-state index contributed by atoms with van der Waals surface area (Å²) in [4.78, 5) is 6.86. The van der Waals surface area contributed by atoms with Crippen molar-refractivity contribution in [2.24, 2.45) is 10.9 Å². The predicted molar refractivity (Wildman–Crippen MR) is 101 cm³/mol. The minimum absolute atomic E-state index is 0.557. The molecule has 0 fully saturated rings. The van der Waals surface area contributed by atoms with Crippen molar-refractivity contribution in [3.8, 4) is 0 Å². The molecule has 2 N–H and O–H groups in total. The fourth-order valence-corrected chi connectivity index (χ4v) is 2.76. The number of nitrogens with zero attached hydrogens (tertiary/aromatic N) is 2. The molecule has 5 heteroatoms. The Morgan fingerprint density at radius 1 is 1.09 bits per heavy atom. The van der Waals surface area contributed by atoms with Gasteiger partial charge in [-0.1, -0.05) is 27.7 Å². The van der Waals surface area contributed by atoms with Gasteiger partial charge in [-0.05, 0) is 45.2 Å². The third kappa shape index (κ3) is 11.4. The smallest absolute Gasteiger partial charge is 0.191 e. The third-order valence-electron chi connectivity index (χ3n) is 4.01. The van der Waals surface area contributed by atoms with Crippen LogP contribution < -0.4 is 10.6 Å². The van der Waals surface area contributed by atoms with Gasteiger partial charge in [0.1, 0.15) is 0 Å². The number of hydrogen-bond acceptors (Lipinski definition) is 3. The lowest BCUT2D eigenvalue weighted by molar-refractivity contribution is 0.143. The fourth-order valence-electron chi connectivity index (χ4n) is 2.76. The molecule has 0 radical (unpaired) electrons.